The zero-order valence-electron chi connectivity index (χ0n) is 15.1. The van der Waals surface area contributed by atoms with E-state index in [1.165, 1.54) is 11.3 Å². The van der Waals surface area contributed by atoms with Gasteiger partial charge in [0.05, 0.1) is 18.2 Å². The minimum Gasteiger partial charge on any atom is -0.457 e. The summed E-state index contributed by atoms with van der Waals surface area (Å²) >= 11 is 7.26. The van der Waals surface area contributed by atoms with Gasteiger partial charge in [-0.1, -0.05) is 48.0 Å². The van der Waals surface area contributed by atoms with Crippen molar-refractivity contribution >= 4 is 33.9 Å². The first-order valence-corrected chi connectivity index (χ1v) is 10.2. The minimum absolute atomic E-state index is 0.161. The average molecular weight is 415 g/mol. The first-order chi connectivity index (χ1) is 13.7. The largest absolute Gasteiger partial charge is 0.457 e. The van der Waals surface area contributed by atoms with E-state index in [0.717, 1.165) is 34.8 Å². The molecule has 1 fully saturated rings. The Kier molecular flexibility index (Phi) is 5.90. The van der Waals surface area contributed by atoms with Crippen LogP contribution in [0.5, 0.6) is 0 Å². The number of anilines is 1. The molecule has 1 saturated heterocycles. The number of halogens is 1. The van der Waals surface area contributed by atoms with Crippen LogP contribution in [0.2, 0.25) is 5.15 Å². The van der Waals surface area contributed by atoms with E-state index in [2.05, 4.69) is 22.0 Å². The fourth-order valence-electron chi connectivity index (χ4n) is 3.02. The molecule has 2 aromatic heterocycles. The van der Waals surface area contributed by atoms with Crippen LogP contribution in [-0.4, -0.2) is 37.3 Å². The van der Waals surface area contributed by atoms with Crippen molar-refractivity contribution in [3.63, 3.8) is 0 Å². The van der Waals surface area contributed by atoms with Gasteiger partial charge in [-0.05, 0) is 17.7 Å². The fraction of sp³-hybridized carbons (Fsp3) is 0.238. The zero-order chi connectivity index (χ0) is 19.3. The number of carbonyl (C=O) groups is 1. The molecule has 144 valence electrons. The van der Waals surface area contributed by atoms with Gasteiger partial charge < -0.3 is 14.4 Å². The number of carbonyl (C=O) groups excluding carboxylic acids is 1. The van der Waals surface area contributed by atoms with Crippen molar-refractivity contribution in [1.29, 1.82) is 0 Å². The van der Waals surface area contributed by atoms with Crippen molar-refractivity contribution in [1.82, 2.24) is 4.98 Å². The molecule has 0 aliphatic carbocycles. The van der Waals surface area contributed by atoms with Gasteiger partial charge in [0.2, 0.25) is 0 Å². The van der Waals surface area contributed by atoms with Crippen LogP contribution in [-0.2, 0) is 16.1 Å². The number of ether oxygens (including phenoxy) is 2. The second kappa shape index (κ2) is 8.73. The molecule has 0 spiro atoms. The lowest BCUT2D eigenvalue weighted by Gasteiger charge is -2.28. The molecule has 1 aliphatic rings. The van der Waals surface area contributed by atoms with Gasteiger partial charge in [-0.3, -0.25) is 0 Å². The Balaban J connectivity index is 1.57. The average Bonchev–Trinajstić information content (AvgIpc) is 3.20. The van der Waals surface area contributed by atoms with Crippen LogP contribution >= 0.6 is 22.9 Å². The molecule has 7 heteroatoms. The molecule has 0 N–H and O–H groups in total. The lowest BCUT2D eigenvalue weighted by atomic mass is 10.1. The van der Waals surface area contributed by atoms with Crippen LogP contribution in [0.4, 0.5) is 5.00 Å². The van der Waals surface area contributed by atoms with E-state index >= 15 is 0 Å². The fourth-order valence-corrected chi connectivity index (χ4v) is 4.26. The second-order valence-electron chi connectivity index (χ2n) is 6.36. The van der Waals surface area contributed by atoms with Crippen molar-refractivity contribution in [3.05, 3.63) is 70.3 Å². The molecular weight excluding hydrogens is 396 g/mol. The number of esters is 1. The highest BCUT2D eigenvalue weighted by Gasteiger charge is 2.22. The summed E-state index contributed by atoms with van der Waals surface area (Å²) in [5.74, 6) is -0.336. The summed E-state index contributed by atoms with van der Waals surface area (Å²) in [5.41, 5.74) is 2.93. The van der Waals surface area contributed by atoms with Gasteiger partial charge in [0.25, 0.3) is 0 Å². The highest BCUT2D eigenvalue weighted by Crippen LogP contribution is 2.39. The van der Waals surface area contributed by atoms with E-state index in [0.29, 0.717) is 23.2 Å². The molecule has 0 bridgehead atoms. The Labute approximate surface area is 172 Å². The molecule has 4 rings (SSSR count). The number of thiophene rings is 1. The maximum Gasteiger partial charge on any atom is 0.348 e. The predicted octanol–water partition coefficient (Wildman–Crippen LogP) is 4.66. The molecule has 0 atom stereocenters. The quantitative estimate of drug-likeness (QED) is 0.449. The summed E-state index contributed by atoms with van der Waals surface area (Å²) in [7, 11) is 0. The molecule has 1 aliphatic heterocycles. The van der Waals surface area contributed by atoms with E-state index in [4.69, 9.17) is 21.1 Å². The molecule has 0 saturated carbocycles. The van der Waals surface area contributed by atoms with E-state index in [1.807, 2.05) is 24.3 Å². The van der Waals surface area contributed by atoms with Crippen molar-refractivity contribution < 1.29 is 14.3 Å². The third-order valence-electron chi connectivity index (χ3n) is 4.46. The number of hydrogen-bond donors (Lipinski definition) is 0. The molecule has 3 aromatic rings. The standard InChI is InChI=1S/C21H19ClN2O3S/c22-19-7-6-15(13-23-19)14-27-21(25)18-12-17(16-4-2-1-3-5-16)20(28-18)24-8-10-26-11-9-24/h1-7,12-13H,8-11,14H2. The molecule has 28 heavy (non-hydrogen) atoms. The number of rotatable bonds is 5. The van der Waals surface area contributed by atoms with Crippen molar-refractivity contribution in [2.24, 2.45) is 0 Å². The van der Waals surface area contributed by atoms with Crippen LogP contribution in [0.3, 0.4) is 0 Å². The Hall–Kier alpha value is -2.41. The summed E-state index contributed by atoms with van der Waals surface area (Å²) in [6.07, 6.45) is 1.61. The van der Waals surface area contributed by atoms with Crippen LogP contribution in [0.15, 0.2) is 54.7 Å². The Morgan fingerprint density at radius 2 is 1.96 bits per heavy atom. The van der Waals surface area contributed by atoms with Crippen LogP contribution < -0.4 is 4.90 Å². The molecule has 0 radical (unpaired) electrons. The molecule has 0 amide bonds. The Bertz CT molecular complexity index is 938. The van der Waals surface area contributed by atoms with E-state index < -0.39 is 0 Å². The van der Waals surface area contributed by atoms with E-state index in [-0.39, 0.29) is 12.6 Å². The smallest absolute Gasteiger partial charge is 0.348 e. The van der Waals surface area contributed by atoms with Gasteiger partial charge in [-0.2, -0.15) is 0 Å². The first-order valence-electron chi connectivity index (χ1n) is 9.00. The summed E-state index contributed by atoms with van der Waals surface area (Å²) < 4.78 is 11.0. The number of nitrogens with zero attached hydrogens (tertiary/aromatic N) is 2. The highest BCUT2D eigenvalue weighted by atomic mass is 35.5. The lowest BCUT2D eigenvalue weighted by molar-refractivity contribution is 0.0478. The maximum absolute atomic E-state index is 12.7. The summed E-state index contributed by atoms with van der Waals surface area (Å²) in [4.78, 5) is 19.5. The number of aromatic nitrogens is 1. The van der Waals surface area contributed by atoms with Crippen LogP contribution in [0.25, 0.3) is 11.1 Å². The van der Waals surface area contributed by atoms with E-state index in [1.54, 1.807) is 18.3 Å². The SMILES string of the molecule is O=C(OCc1ccc(Cl)nc1)c1cc(-c2ccccc2)c(N2CCOCC2)s1. The van der Waals surface area contributed by atoms with Gasteiger partial charge in [-0.15, -0.1) is 11.3 Å². The molecule has 3 heterocycles. The number of benzene rings is 1. The van der Waals surface area contributed by atoms with Crippen molar-refractivity contribution in [3.8, 4) is 11.1 Å². The van der Waals surface area contributed by atoms with Crippen LogP contribution in [0.1, 0.15) is 15.2 Å². The van der Waals surface area contributed by atoms with Gasteiger partial charge >= 0.3 is 5.97 Å². The monoisotopic (exact) mass is 414 g/mol. The van der Waals surface area contributed by atoms with Gasteiger partial charge in [-0.25, -0.2) is 9.78 Å². The topological polar surface area (TPSA) is 51.7 Å². The maximum atomic E-state index is 12.7. The Morgan fingerprint density at radius 3 is 2.68 bits per heavy atom. The number of morpholine rings is 1. The Morgan fingerprint density at radius 1 is 1.18 bits per heavy atom. The summed E-state index contributed by atoms with van der Waals surface area (Å²) in [6.45, 7) is 3.16. The number of hydrogen-bond acceptors (Lipinski definition) is 6. The molecule has 0 unspecified atom stereocenters. The third-order valence-corrected chi connectivity index (χ3v) is 5.85. The molecule has 5 nitrogen and oxygen atoms in total. The van der Waals surface area contributed by atoms with Crippen LogP contribution in [0, 0.1) is 0 Å². The second-order valence-corrected chi connectivity index (χ2v) is 7.78. The third kappa shape index (κ3) is 4.35. The van der Waals surface area contributed by atoms with Crippen molar-refractivity contribution in [2.75, 3.05) is 31.2 Å². The first kappa shape index (κ1) is 18.9. The van der Waals surface area contributed by atoms with Gasteiger partial charge in [0.15, 0.2) is 0 Å². The minimum atomic E-state index is -0.336. The highest BCUT2D eigenvalue weighted by molar-refractivity contribution is 7.18. The van der Waals surface area contributed by atoms with Crippen molar-refractivity contribution in [2.45, 2.75) is 6.61 Å². The van der Waals surface area contributed by atoms with Gasteiger partial charge in [0.1, 0.15) is 16.6 Å². The van der Waals surface area contributed by atoms with E-state index in [9.17, 15) is 4.79 Å². The zero-order valence-corrected chi connectivity index (χ0v) is 16.7. The summed E-state index contributed by atoms with van der Waals surface area (Å²) in [5, 5.41) is 1.49. The predicted molar refractivity (Wildman–Crippen MR) is 111 cm³/mol. The number of pyridine rings is 1. The van der Waals surface area contributed by atoms with Gasteiger partial charge in [0, 0.05) is 30.4 Å². The molecule has 1 aromatic carbocycles. The molecular formula is C21H19ClN2O3S. The normalized spacial score (nSPS) is 14.1. The lowest BCUT2D eigenvalue weighted by Crippen LogP contribution is -2.35. The summed E-state index contributed by atoms with van der Waals surface area (Å²) in [6, 6.07) is 15.5.